The van der Waals surface area contributed by atoms with Crippen molar-refractivity contribution < 1.29 is 19.1 Å². The van der Waals surface area contributed by atoms with Crippen LogP contribution in [0.15, 0.2) is 0 Å². The van der Waals surface area contributed by atoms with Crippen LogP contribution in [0.2, 0.25) is 0 Å². The van der Waals surface area contributed by atoms with Gasteiger partial charge in [0.05, 0.1) is 25.0 Å². The third-order valence-electron chi connectivity index (χ3n) is 6.91. The van der Waals surface area contributed by atoms with Gasteiger partial charge in [-0.25, -0.2) is 0 Å². The van der Waals surface area contributed by atoms with E-state index in [0.29, 0.717) is 6.54 Å². The fraction of sp³-hybridized carbons (Fsp3) is 0.870. The molecule has 7 heteroatoms. The molecule has 2 atom stereocenters. The summed E-state index contributed by atoms with van der Waals surface area (Å²) in [6.45, 7) is 8.09. The van der Waals surface area contributed by atoms with Crippen LogP contribution in [0.3, 0.4) is 0 Å². The van der Waals surface area contributed by atoms with Crippen LogP contribution in [-0.4, -0.2) is 84.9 Å². The van der Waals surface area contributed by atoms with Gasteiger partial charge in [0, 0.05) is 45.7 Å². The first-order chi connectivity index (χ1) is 14.6. The van der Waals surface area contributed by atoms with E-state index in [1.165, 1.54) is 17.7 Å². The number of fused-ring (bicyclic) bond motifs is 1. The van der Waals surface area contributed by atoms with E-state index in [0.717, 1.165) is 77.9 Å². The van der Waals surface area contributed by atoms with Crippen molar-refractivity contribution in [3.8, 4) is 0 Å². The van der Waals surface area contributed by atoms with Crippen molar-refractivity contribution >= 4 is 17.7 Å². The van der Waals surface area contributed by atoms with E-state index in [4.69, 9.17) is 4.74 Å². The SMILES string of the molecule is CCCCCCN(CCN1CCOCC1)C(=O)CCN1C(=O)C2CCCCC2C1=O. The maximum atomic E-state index is 13.0. The number of likely N-dealkylation sites (tertiary alicyclic amines) is 1. The average molecular weight is 422 g/mol. The number of hydrogen-bond acceptors (Lipinski definition) is 5. The Morgan fingerprint density at radius 1 is 0.967 bits per heavy atom. The second-order valence-electron chi connectivity index (χ2n) is 8.97. The first-order valence-electron chi connectivity index (χ1n) is 12.0. The summed E-state index contributed by atoms with van der Waals surface area (Å²) in [4.78, 5) is 44.0. The standard InChI is InChI=1S/C23H39N3O4/c1-2-3-4-7-11-25(14-13-24-15-17-30-18-16-24)21(27)10-12-26-22(28)19-8-5-6-9-20(19)23(26)29/h19-20H,2-18H2,1H3. The largest absolute Gasteiger partial charge is 0.379 e. The summed E-state index contributed by atoms with van der Waals surface area (Å²) in [6, 6.07) is 0. The van der Waals surface area contributed by atoms with Crippen LogP contribution in [0.1, 0.15) is 64.7 Å². The number of morpholine rings is 1. The fourth-order valence-electron chi connectivity index (χ4n) is 4.99. The Morgan fingerprint density at radius 3 is 2.27 bits per heavy atom. The van der Waals surface area contributed by atoms with E-state index in [-0.39, 0.29) is 42.5 Å². The molecular formula is C23H39N3O4. The van der Waals surface area contributed by atoms with Gasteiger partial charge >= 0.3 is 0 Å². The van der Waals surface area contributed by atoms with Crippen LogP contribution in [0.4, 0.5) is 0 Å². The van der Waals surface area contributed by atoms with E-state index in [2.05, 4.69) is 11.8 Å². The van der Waals surface area contributed by atoms with Gasteiger partial charge in [0.1, 0.15) is 0 Å². The molecule has 0 aromatic rings. The Balaban J connectivity index is 1.50. The summed E-state index contributed by atoms with van der Waals surface area (Å²) < 4.78 is 5.41. The normalized spacial score (nSPS) is 24.9. The fourth-order valence-corrected chi connectivity index (χ4v) is 4.99. The molecular weight excluding hydrogens is 382 g/mol. The molecule has 2 heterocycles. The van der Waals surface area contributed by atoms with E-state index in [1.807, 2.05) is 4.90 Å². The number of rotatable bonds is 11. The predicted molar refractivity (Wildman–Crippen MR) is 115 cm³/mol. The van der Waals surface area contributed by atoms with Crippen molar-refractivity contribution in [2.24, 2.45) is 11.8 Å². The minimum Gasteiger partial charge on any atom is -0.379 e. The summed E-state index contributed by atoms with van der Waals surface area (Å²) in [5.74, 6) is -0.281. The molecule has 0 radical (unpaired) electrons. The molecule has 1 saturated carbocycles. The highest BCUT2D eigenvalue weighted by Crippen LogP contribution is 2.38. The van der Waals surface area contributed by atoms with Crippen molar-refractivity contribution in [3.63, 3.8) is 0 Å². The summed E-state index contributed by atoms with van der Waals surface area (Å²) in [5.41, 5.74) is 0. The van der Waals surface area contributed by atoms with Crippen LogP contribution in [-0.2, 0) is 19.1 Å². The third kappa shape index (κ3) is 6.03. The lowest BCUT2D eigenvalue weighted by atomic mass is 9.81. The van der Waals surface area contributed by atoms with Gasteiger partial charge in [-0.05, 0) is 19.3 Å². The quantitative estimate of drug-likeness (QED) is 0.378. The number of unbranched alkanes of at least 4 members (excludes halogenated alkanes) is 3. The first-order valence-corrected chi connectivity index (χ1v) is 12.0. The van der Waals surface area contributed by atoms with Crippen molar-refractivity contribution in [2.75, 3.05) is 52.5 Å². The van der Waals surface area contributed by atoms with Gasteiger partial charge in [-0.3, -0.25) is 24.2 Å². The number of amides is 3. The second-order valence-corrected chi connectivity index (χ2v) is 8.97. The first kappa shape index (κ1) is 23.2. The van der Waals surface area contributed by atoms with Gasteiger partial charge in [0.2, 0.25) is 17.7 Å². The number of carbonyl (C=O) groups is 3. The minimum absolute atomic E-state index is 0.0414. The molecule has 3 amide bonds. The molecule has 2 saturated heterocycles. The molecule has 0 aromatic heterocycles. The van der Waals surface area contributed by atoms with Gasteiger partial charge in [0.15, 0.2) is 0 Å². The zero-order valence-corrected chi connectivity index (χ0v) is 18.7. The molecule has 2 aliphatic heterocycles. The lowest BCUT2D eigenvalue weighted by molar-refractivity contribution is -0.141. The van der Waals surface area contributed by atoms with E-state index >= 15 is 0 Å². The van der Waals surface area contributed by atoms with Gasteiger partial charge < -0.3 is 9.64 Å². The van der Waals surface area contributed by atoms with E-state index < -0.39 is 0 Å². The number of ether oxygens (including phenoxy) is 1. The maximum Gasteiger partial charge on any atom is 0.233 e. The Morgan fingerprint density at radius 2 is 1.63 bits per heavy atom. The van der Waals surface area contributed by atoms with Crippen LogP contribution < -0.4 is 0 Å². The monoisotopic (exact) mass is 421 g/mol. The molecule has 3 rings (SSSR count). The Labute approximate surface area is 181 Å². The van der Waals surface area contributed by atoms with Crippen molar-refractivity contribution in [1.82, 2.24) is 14.7 Å². The summed E-state index contributed by atoms with van der Waals surface area (Å²) in [5, 5.41) is 0. The lowest BCUT2D eigenvalue weighted by Gasteiger charge is -2.30. The van der Waals surface area contributed by atoms with Gasteiger partial charge in [-0.15, -0.1) is 0 Å². The Bertz CT molecular complexity index is 567. The highest BCUT2D eigenvalue weighted by Gasteiger charge is 2.47. The zero-order valence-electron chi connectivity index (χ0n) is 18.7. The molecule has 7 nitrogen and oxygen atoms in total. The Kier molecular flexibility index (Phi) is 9.12. The van der Waals surface area contributed by atoms with Gasteiger partial charge in [0.25, 0.3) is 0 Å². The van der Waals surface area contributed by atoms with Crippen molar-refractivity contribution in [2.45, 2.75) is 64.7 Å². The molecule has 0 aromatic carbocycles. The molecule has 3 aliphatic rings. The number of carbonyl (C=O) groups excluding carboxylic acids is 3. The molecule has 0 N–H and O–H groups in total. The van der Waals surface area contributed by atoms with Crippen LogP contribution >= 0.6 is 0 Å². The smallest absolute Gasteiger partial charge is 0.233 e. The molecule has 30 heavy (non-hydrogen) atoms. The molecule has 0 bridgehead atoms. The second kappa shape index (κ2) is 11.8. The summed E-state index contributed by atoms with van der Waals surface area (Å²) in [7, 11) is 0. The highest BCUT2D eigenvalue weighted by atomic mass is 16.5. The lowest BCUT2D eigenvalue weighted by Crippen LogP contribution is -2.44. The molecule has 0 spiro atoms. The van der Waals surface area contributed by atoms with Crippen molar-refractivity contribution in [3.05, 3.63) is 0 Å². The molecule has 2 unspecified atom stereocenters. The van der Waals surface area contributed by atoms with E-state index in [9.17, 15) is 14.4 Å². The van der Waals surface area contributed by atoms with Crippen LogP contribution in [0.25, 0.3) is 0 Å². The molecule has 1 aliphatic carbocycles. The highest BCUT2D eigenvalue weighted by molar-refractivity contribution is 6.05. The number of nitrogens with zero attached hydrogens (tertiary/aromatic N) is 3. The zero-order chi connectivity index (χ0) is 21.3. The predicted octanol–water partition coefficient (Wildman–Crippen LogP) is 2.29. The summed E-state index contributed by atoms with van der Waals surface area (Å²) >= 11 is 0. The molecule has 3 fully saturated rings. The third-order valence-corrected chi connectivity index (χ3v) is 6.91. The maximum absolute atomic E-state index is 13.0. The van der Waals surface area contributed by atoms with Gasteiger partial charge in [-0.2, -0.15) is 0 Å². The van der Waals surface area contributed by atoms with Crippen LogP contribution in [0.5, 0.6) is 0 Å². The minimum atomic E-state index is -0.132. The van der Waals surface area contributed by atoms with E-state index in [1.54, 1.807) is 0 Å². The average Bonchev–Trinajstić information content (AvgIpc) is 3.02. The summed E-state index contributed by atoms with van der Waals surface area (Å²) in [6.07, 6.45) is 8.44. The number of hydrogen-bond donors (Lipinski definition) is 0. The van der Waals surface area contributed by atoms with Crippen molar-refractivity contribution in [1.29, 1.82) is 0 Å². The molecule has 170 valence electrons. The Hall–Kier alpha value is -1.47. The van der Waals surface area contributed by atoms with Crippen LogP contribution in [0, 0.1) is 11.8 Å². The van der Waals surface area contributed by atoms with Gasteiger partial charge in [-0.1, -0.05) is 39.0 Å². The topological polar surface area (TPSA) is 70.2 Å². The number of imide groups is 1.